The zero-order chi connectivity index (χ0) is 20.3. The monoisotopic (exact) mass is 430 g/mol. The van der Waals surface area contributed by atoms with E-state index < -0.39 is 10.8 Å². The number of halogens is 1. The fraction of sp³-hybridized carbons (Fsp3) is 0.273. The highest BCUT2D eigenvalue weighted by Crippen LogP contribution is 2.30. The second-order valence-corrected chi connectivity index (χ2v) is 10.5. The lowest BCUT2D eigenvalue weighted by atomic mass is 9.87. The Morgan fingerprint density at radius 2 is 1.64 bits per heavy atom. The van der Waals surface area contributed by atoms with Gasteiger partial charge in [0.25, 0.3) is 0 Å². The molecule has 28 heavy (non-hydrogen) atoms. The highest BCUT2D eigenvalue weighted by Gasteiger charge is 2.14. The number of nitrogens with zero attached hydrogens (tertiary/aromatic N) is 2. The average molecular weight is 431 g/mol. The maximum absolute atomic E-state index is 12.6. The summed E-state index contributed by atoms with van der Waals surface area (Å²) in [7, 11) is -1.18. The molecule has 0 fully saturated rings. The fourth-order valence-electron chi connectivity index (χ4n) is 2.67. The van der Waals surface area contributed by atoms with E-state index in [1.165, 1.54) is 5.56 Å². The molecule has 0 saturated heterocycles. The van der Waals surface area contributed by atoms with E-state index in [1.54, 1.807) is 36.0 Å². The van der Waals surface area contributed by atoms with Gasteiger partial charge in [-0.05, 0) is 60.4 Å². The van der Waals surface area contributed by atoms with Crippen LogP contribution in [-0.2, 0) is 22.0 Å². The van der Waals surface area contributed by atoms with Gasteiger partial charge in [-0.1, -0.05) is 56.3 Å². The predicted molar refractivity (Wildman–Crippen MR) is 118 cm³/mol. The second-order valence-electron chi connectivity index (χ2n) is 7.56. The van der Waals surface area contributed by atoms with Crippen LogP contribution in [0.2, 0.25) is 5.02 Å². The standard InChI is InChI=1S/C22H23ClN2OS2/c1-15-24-18(14-28(26)20-11-7-17(23)8-12-20)13-21(25-15)27-19-9-5-16(6-10-19)22(2,3)4/h5-13H,14H2,1-4H3/t28-/m1/s1. The molecular formula is C22H23ClN2OS2. The Labute approximate surface area is 178 Å². The molecule has 0 aliphatic carbocycles. The van der Waals surface area contributed by atoms with Gasteiger partial charge in [-0.3, -0.25) is 4.21 Å². The van der Waals surface area contributed by atoms with Crippen molar-refractivity contribution < 1.29 is 4.21 Å². The minimum Gasteiger partial charge on any atom is -0.254 e. The maximum Gasteiger partial charge on any atom is 0.126 e. The third-order valence-corrected chi connectivity index (χ3v) is 6.70. The van der Waals surface area contributed by atoms with Crippen molar-refractivity contribution in [1.29, 1.82) is 0 Å². The summed E-state index contributed by atoms with van der Waals surface area (Å²) in [6, 6.07) is 17.6. The van der Waals surface area contributed by atoms with Crippen molar-refractivity contribution in [3.63, 3.8) is 0 Å². The summed E-state index contributed by atoms with van der Waals surface area (Å²) < 4.78 is 12.6. The minimum absolute atomic E-state index is 0.133. The topological polar surface area (TPSA) is 42.9 Å². The van der Waals surface area contributed by atoms with E-state index in [0.717, 1.165) is 20.5 Å². The van der Waals surface area contributed by atoms with Gasteiger partial charge in [-0.25, -0.2) is 9.97 Å². The third-order valence-electron chi connectivity index (χ3n) is 4.17. The Morgan fingerprint density at radius 3 is 2.25 bits per heavy atom. The van der Waals surface area contributed by atoms with Crippen LogP contribution < -0.4 is 0 Å². The molecule has 6 heteroatoms. The minimum atomic E-state index is -1.18. The molecule has 1 aromatic heterocycles. The van der Waals surface area contributed by atoms with Gasteiger partial charge in [0, 0.05) is 14.8 Å². The molecule has 0 spiro atoms. The summed E-state index contributed by atoms with van der Waals surface area (Å²) in [5.74, 6) is 1.03. The molecule has 0 amide bonds. The molecule has 0 aliphatic heterocycles. The van der Waals surface area contributed by atoms with Crippen molar-refractivity contribution in [2.24, 2.45) is 0 Å². The lowest BCUT2D eigenvalue weighted by Crippen LogP contribution is -2.10. The van der Waals surface area contributed by atoms with Crippen molar-refractivity contribution >= 4 is 34.2 Å². The summed E-state index contributed by atoms with van der Waals surface area (Å²) in [5, 5.41) is 1.49. The Kier molecular flexibility index (Phi) is 6.58. The van der Waals surface area contributed by atoms with Crippen LogP contribution in [0, 0.1) is 6.92 Å². The van der Waals surface area contributed by atoms with Crippen molar-refractivity contribution in [3.05, 3.63) is 76.7 Å². The van der Waals surface area contributed by atoms with Crippen LogP contribution >= 0.6 is 23.4 Å². The Balaban J connectivity index is 1.76. The van der Waals surface area contributed by atoms with Gasteiger partial charge in [0.15, 0.2) is 0 Å². The summed E-state index contributed by atoms with van der Waals surface area (Å²) >= 11 is 7.50. The molecule has 3 aromatic rings. The Bertz CT molecular complexity index is 981. The van der Waals surface area contributed by atoms with Gasteiger partial charge in [-0.2, -0.15) is 0 Å². The van der Waals surface area contributed by atoms with E-state index in [9.17, 15) is 4.21 Å². The van der Waals surface area contributed by atoms with E-state index in [0.29, 0.717) is 16.6 Å². The molecule has 0 saturated carbocycles. The van der Waals surface area contributed by atoms with Gasteiger partial charge in [0.1, 0.15) is 10.9 Å². The first-order chi connectivity index (χ1) is 13.2. The van der Waals surface area contributed by atoms with Gasteiger partial charge < -0.3 is 0 Å². The molecule has 0 bridgehead atoms. The Morgan fingerprint density at radius 1 is 1.00 bits per heavy atom. The van der Waals surface area contributed by atoms with E-state index in [1.807, 2.05) is 13.0 Å². The SMILES string of the molecule is Cc1nc(C[S@@](=O)c2ccc(Cl)cc2)cc(Sc2ccc(C(C)(C)C)cc2)n1. The van der Waals surface area contributed by atoms with Crippen LogP contribution in [0.5, 0.6) is 0 Å². The van der Waals surface area contributed by atoms with Crippen LogP contribution in [0.4, 0.5) is 0 Å². The number of aromatic nitrogens is 2. The Hall–Kier alpha value is -1.69. The summed E-state index contributed by atoms with van der Waals surface area (Å²) in [4.78, 5) is 10.9. The molecule has 3 rings (SSSR count). The van der Waals surface area contributed by atoms with Gasteiger partial charge in [0.05, 0.1) is 22.2 Å². The van der Waals surface area contributed by atoms with E-state index in [-0.39, 0.29) is 5.41 Å². The number of hydrogen-bond acceptors (Lipinski definition) is 4. The van der Waals surface area contributed by atoms with Gasteiger partial charge >= 0.3 is 0 Å². The molecule has 2 aromatic carbocycles. The highest BCUT2D eigenvalue weighted by atomic mass is 35.5. The van der Waals surface area contributed by atoms with Crippen LogP contribution in [0.25, 0.3) is 0 Å². The summed E-state index contributed by atoms with van der Waals surface area (Å²) in [5.41, 5.74) is 2.21. The predicted octanol–water partition coefficient (Wildman–Crippen LogP) is 6.19. The number of rotatable bonds is 5. The van der Waals surface area contributed by atoms with Crippen molar-refractivity contribution in [2.45, 2.75) is 53.7 Å². The first-order valence-corrected chi connectivity index (χ1v) is 11.5. The number of hydrogen-bond donors (Lipinski definition) is 0. The third kappa shape index (κ3) is 5.66. The molecule has 3 nitrogen and oxygen atoms in total. The first kappa shape index (κ1) is 21.0. The molecule has 146 valence electrons. The number of aryl methyl sites for hydroxylation is 1. The van der Waals surface area contributed by atoms with E-state index >= 15 is 0 Å². The van der Waals surface area contributed by atoms with Crippen LogP contribution in [0.1, 0.15) is 37.9 Å². The molecule has 0 unspecified atom stereocenters. The maximum atomic E-state index is 12.6. The summed E-state index contributed by atoms with van der Waals surface area (Å²) in [6.45, 7) is 8.48. The first-order valence-electron chi connectivity index (χ1n) is 8.97. The molecule has 0 N–H and O–H groups in total. The zero-order valence-electron chi connectivity index (χ0n) is 16.4. The lowest BCUT2D eigenvalue weighted by Gasteiger charge is -2.19. The van der Waals surface area contributed by atoms with Crippen molar-refractivity contribution in [2.75, 3.05) is 0 Å². The molecule has 0 radical (unpaired) electrons. The van der Waals surface area contributed by atoms with Crippen molar-refractivity contribution in [1.82, 2.24) is 9.97 Å². The second kappa shape index (κ2) is 8.76. The van der Waals surface area contributed by atoms with E-state index in [4.69, 9.17) is 11.6 Å². The van der Waals surface area contributed by atoms with Crippen LogP contribution in [-0.4, -0.2) is 14.2 Å². The normalized spacial score (nSPS) is 12.8. The zero-order valence-corrected chi connectivity index (χ0v) is 18.8. The highest BCUT2D eigenvalue weighted by molar-refractivity contribution is 7.99. The van der Waals surface area contributed by atoms with E-state index in [2.05, 4.69) is 55.0 Å². The largest absolute Gasteiger partial charge is 0.254 e. The van der Waals surface area contributed by atoms with Gasteiger partial charge in [0.2, 0.25) is 0 Å². The quantitative estimate of drug-likeness (QED) is 0.452. The van der Waals surface area contributed by atoms with Crippen LogP contribution in [0.15, 0.2) is 69.4 Å². The molecular weight excluding hydrogens is 408 g/mol. The smallest absolute Gasteiger partial charge is 0.126 e. The molecule has 1 atom stereocenters. The number of benzene rings is 2. The lowest BCUT2D eigenvalue weighted by molar-refractivity contribution is 0.590. The average Bonchev–Trinajstić information content (AvgIpc) is 2.61. The molecule has 1 heterocycles. The van der Waals surface area contributed by atoms with Gasteiger partial charge in [-0.15, -0.1) is 0 Å². The van der Waals surface area contributed by atoms with Crippen LogP contribution in [0.3, 0.4) is 0 Å². The fourth-order valence-corrected chi connectivity index (χ4v) is 4.71. The molecule has 0 aliphatic rings. The summed E-state index contributed by atoms with van der Waals surface area (Å²) in [6.07, 6.45) is 0. The van der Waals surface area contributed by atoms with Crippen molar-refractivity contribution in [3.8, 4) is 0 Å².